The van der Waals surface area contributed by atoms with Crippen LogP contribution in [0.15, 0.2) is 0 Å². The van der Waals surface area contributed by atoms with E-state index >= 15 is 0 Å². The van der Waals surface area contributed by atoms with Crippen LogP contribution < -0.4 is 0 Å². The average molecular weight is 175 g/mol. The predicted molar refractivity (Wildman–Crippen MR) is 40.5 cm³/mol. The van der Waals surface area contributed by atoms with Crippen molar-refractivity contribution in [1.29, 1.82) is 0 Å². The summed E-state index contributed by atoms with van der Waals surface area (Å²) in [5.74, 6) is 1.08. The lowest BCUT2D eigenvalue weighted by Crippen LogP contribution is -2.10. The van der Waals surface area contributed by atoms with E-state index < -0.39 is 0 Å². The number of epoxide rings is 1. The smallest absolute Gasteiger partial charge is 0.0845 e. The first kappa shape index (κ1) is 6.70. The minimum absolute atomic E-state index is 0.142. The molecule has 0 aromatic heterocycles. The molecule has 1 N–H and O–H groups in total. The maximum atomic E-state index is 9.02. The van der Waals surface area contributed by atoms with Gasteiger partial charge in [0.05, 0.1) is 23.7 Å². The maximum absolute atomic E-state index is 9.02. The molecule has 0 aromatic rings. The topological polar surface area (TPSA) is 32.8 Å². The Hall–Kier alpha value is 0.210. The van der Waals surface area contributed by atoms with Gasteiger partial charge in [0, 0.05) is 0 Å². The minimum Gasteiger partial charge on any atom is -0.395 e. The van der Waals surface area contributed by atoms with Crippen molar-refractivity contribution >= 4 is 11.6 Å². The summed E-state index contributed by atoms with van der Waals surface area (Å²) in [6, 6.07) is 0. The molecule has 4 unspecified atom stereocenters. The van der Waals surface area contributed by atoms with Crippen molar-refractivity contribution in [3.05, 3.63) is 0 Å². The molecule has 62 valence electrons. The number of hydrogen-bond acceptors (Lipinski definition) is 2. The van der Waals surface area contributed by atoms with Crippen molar-refractivity contribution in [2.75, 3.05) is 6.61 Å². The van der Waals surface area contributed by atoms with E-state index in [2.05, 4.69) is 0 Å². The SMILES string of the molecule is OCC1(Cl)C2CC3OC3CC21. The molecule has 3 fully saturated rings. The van der Waals surface area contributed by atoms with Crippen LogP contribution in [0.5, 0.6) is 0 Å². The molecule has 0 spiro atoms. The molecule has 3 aliphatic rings. The highest BCUT2D eigenvalue weighted by Gasteiger charge is 2.69. The molecule has 3 heteroatoms. The first-order valence-electron chi connectivity index (χ1n) is 4.21. The van der Waals surface area contributed by atoms with Crippen molar-refractivity contribution in [3.8, 4) is 0 Å². The standard InChI is InChI=1S/C8H11ClO2/c9-8(3-10)4-1-6-7(11-6)2-5(4)8/h4-7,10H,1-3H2. The summed E-state index contributed by atoms with van der Waals surface area (Å²) in [6.07, 6.45) is 3.14. The number of rotatable bonds is 1. The summed E-state index contributed by atoms with van der Waals surface area (Å²) >= 11 is 6.18. The van der Waals surface area contributed by atoms with Gasteiger partial charge in [0.1, 0.15) is 0 Å². The van der Waals surface area contributed by atoms with Gasteiger partial charge in [-0.15, -0.1) is 11.6 Å². The number of ether oxygens (including phenoxy) is 1. The molecule has 2 aliphatic carbocycles. The number of fused-ring (bicyclic) bond motifs is 2. The van der Waals surface area contributed by atoms with Crippen LogP contribution in [0, 0.1) is 11.8 Å². The Balaban J connectivity index is 1.79. The van der Waals surface area contributed by atoms with Crippen LogP contribution in [0.25, 0.3) is 0 Å². The Morgan fingerprint density at radius 1 is 1.36 bits per heavy atom. The maximum Gasteiger partial charge on any atom is 0.0845 e. The highest BCUT2D eigenvalue weighted by Crippen LogP contribution is 2.65. The second-order valence-corrected chi connectivity index (χ2v) is 4.69. The van der Waals surface area contributed by atoms with E-state index in [1.807, 2.05) is 0 Å². The number of alkyl halides is 1. The fourth-order valence-electron chi connectivity index (χ4n) is 2.61. The van der Waals surface area contributed by atoms with Crippen molar-refractivity contribution < 1.29 is 9.84 Å². The van der Waals surface area contributed by atoms with E-state index in [1.165, 1.54) is 0 Å². The zero-order chi connectivity index (χ0) is 7.64. The lowest BCUT2D eigenvalue weighted by molar-refractivity contribution is 0.267. The van der Waals surface area contributed by atoms with E-state index in [0.717, 1.165) is 12.8 Å². The quantitative estimate of drug-likeness (QED) is 0.471. The third-order valence-corrected chi connectivity index (χ3v) is 4.19. The molecular weight excluding hydrogens is 164 g/mol. The molecule has 1 saturated heterocycles. The van der Waals surface area contributed by atoms with Gasteiger partial charge in [-0.3, -0.25) is 0 Å². The Kier molecular flexibility index (Phi) is 1.07. The third-order valence-electron chi connectivity index (χ3n) is 3.51. The zero-order valence-electron chi connectivity index (χ0n) is 6.16. The molecule has 2 saturated carbocycles. The number of aliphatic hydroxyl groups is 1. The molecule has 3 rings (SSSR count). The Morgan fingerprint density at radius 3 is 2.36 bits per heavy atom. The number of hydrogen-bond donors (Lipinski definition) is 1. The summed E-state index contributed by atoms with van der Waals surface area (Å²) in [5, 5.41) is 9.02. The zero-order valence-corrected chi connectivity index (χ0v) is 6.92. The molecule has 0 radical (unpaired) electrons. The summed E-state index contributed by atoms with van der Waals surface area (Å²) < 4.78 is 5.38. The molecule has 1 aliphatic heterocycles. The van der Waals surface area contributed by atoms with Gasteiger partial charge in [-0.2, -0.15) is 0 Å². The second-order valence-electron chi connectivity index (χ2n) is 3.98. The lowest BCUT2D eigenvalue weighted by atomic mass is 10.0. The molecule has 1 heterocycles. The molecule has 2 nitrogen and oxygen atoms in total. The molecule has 0 amide bonds. The molecule has 0 bridgehead atoms. The first-order valence-corrected chi connectivity index (χ1v) is 4.59. The average Bonchev–Trinajstić information content (AvgIpc) is 2.87. The van der Waals surface area contributed by atoms with Gasteiger partial charge in [-0.25, -0.2) is 0 Å². The molecule has 11 heavy (non-hydrogen) atoms. The van der Waals surface area contributed by atoms with E-state index in [9.17, 15) is 0 Å². The van der Waals surface area contributed by atoms with Crippen LogP contribution in [0.4, 0.5) is 0 Å². The van der Waals surface area contributed by atoms with Gasteiger partial charge >= 0.3 is 0 Å². The van der Waals surface area contributed by atoms with Gasteiger partial charge in [-0.1, -0.05) is 0 Å². The largest absolute Gasteiger partial charge is 0.395 e. The second kappa shape index (κ2) is 1.76. The van der Waals surface area contributed by atoms with Crippen LogP contribution in [-0.4, -0.2) is 28.8 Å². The van der Waals surface area contributed by atoms with Crippen LogP contribution in [0.2, 0.25) is 0 Å². The van der Waals surface area contributed by atoms with Crippen LogP contribution in [0.3, 0.4) is 0 Å². The summed E-state index contributed by atoms with van der Waals surface area (Å²) in [6.45, 7) is 0.142. The lowest BCUT2D eigenvalue weighted by Gasteiger charge is -2.01. The van der Waals surface area contributed by atoms with E-state index in [-0.39, 0.29) is 11.5 Å². The van der Waals surface area contributed by atoms with E-state index in [4.69, 9.17) is 21.4 Å². The van der Waals surface area contributed by atoms with Gasteiger partial charge in [-0.05, 0) is 24.7 Å². The highest BCUT2D eigenvalue weighted by molar-refractivity contribution is 6.26. The molecular formula is C8H11ClO2. The fraction of sp³-hybridized carbons (Fsp3) is 1.00. The Bertz CT molecular complexity index is 190. The Morgan fingerprint density at radius 2 is 1.91 bits per heavy atom. The minimum atomic E-state index is -0.253. The summed E-state index contributed by atoms with van der Waals surface area (Å²) in [4.78, 5) is -0.253. The summed E-state index contributed by atoms with van der Waals surface area (Å²) in [5.41, 5.74) is 0. The van der Waals surface area contributed by atoms with Crippen molar-refractivity contribution in [3.63, 3.8) is 0 Å². The van der Waals surface area contributed by atoms with Crippen molar-refractivity contribution in [1.82, 2.24) is 0 Å². The monoisotopic (exact) mass is 174 g/mol. The normalized spacial score (nSPS) is 64.9. The van der Waals surface area contributed by atoms with E-state index in [1.54, 1.807) is 0 Å². The number of halogens is 1. The van der Waals surface area contributed by atoms with Gasteiger partial charge in [0.25, 0.3) is 0 Å². The van der Waals surface area contributed by atoms with Crippen molar-refractivity contribution in [2.24, 2.45) is 11.8 Å². The van der Waals surface area contributed by atoms with Crippen LogP contribution in [-0.2, 0) is 4.74 Å². The molecule has 0 aromatic carbocycles. The molecule has 4 atom stereocenters. The van der Waals surface area contributed by atoms with E-state index in [0.29, 0.717) is 24.0 Å². The van der Waals surface area contributed by atoms with Gasteiger partial charge < -0.3 is 9.84 Å². The van der Waals surface area contributed by atoms with Gasteiger partial charge in [0.2, 0.25) is 0 Å². The fourth-order valence-corrected chi connectivity index (χ4v) is 3.03. The number of aliphatic hydroxyl groups excluding tert-OH is 1. The first-order chi connectivity index (χ1) is 5.25. The third kappa shape index (κ3) is 0.707. The van der Waals surface area contributed by atoms with Gasteiger partial charge in [0.15, 0.2) is 0 Å². The highest BCUT2D eigenvalue weighted by atomic mass is 35.5. The van der Waals surface area contributed by atoms with Crippen LogP contribution in [0.1, 0.15) is 12.8 Å². The van der Waals surface area contributed by atoms with Crippen LogP contribution >= 0.6 is 11.6 Å². The summed E-state index contributed by atoms with van der Waals surface area (Å²) in [7, 11) is 0. The predicted octanol–water partition coefficient (Wildman–Crippen LogP) is 0.764. The van der Waals surface area contributed by atoms with Crippen molar-refractivity contribution in [2.45, 2.75) is 29.9 Å². The Labute approximate surface area is 70.5 Å².